The van der Waals surface area contributed by atoms with E-state index < -0.39 is 6.10 Å². The number of carbonyl (C=O) groups excluding carboxylic acids is 2. The van der Waals surface area contributed by atoms with Gasteiger partial charge in [-0.25, -0.2) is 0 Å². The van der Waals surface area contributed by atoms with Crippen molar-refractivity contribution >= 4 is 52.1 Å². The van der Waals surface area contributed by atoms with Gasteiger partial charge in [0, 0.05) is 17.3 Å². The molecule has 0 spiro atoms. The molecule has 1 atom stereocenters. The number of amides is 2. The Hall–Kier alpha value is -2.64. The maximum atomic E-state index is 12.3. The van der Waals surface area contributed by atoms with Crippen molar-refractivity contribution in [2.75, 3.05) is 10.6 Å². The first-order valence-corrected chi connectivity index (χ1v) is 9.49. The zero-order valence-corrected chi connectivity index (χ0v) is 17.4. The third-order valence-corrected chi connectivity index (χ3v) is 4.20. The molecule has 2 aromatic rings. The summed E-state index contributed by atoms with van der Waals surface area (Å²) in [6.07, 6.45) is -0.725. The highest BCUT2D eigenvalue weighted by Crippen LogP contribution is 2.24. The van der Waals surface area contributed by atoms with Crippen LogP contribution in [0.25, 0.3) is 0 Å². The molecule has 2 aromatic carbocycles. The van der Waals surface area contributed by atoms with Crippen LogP contribution in [0.5, 0.6) is 5.75 Å². The van der Waals surface area contributed by atoms with Crippen LogP contribution in [0, 0.1) is 5.92 Å². The van der Waals surface area contributed by atoms with Crippen LogP contribution < -0.4 is 20.7 Å². The lowest BCUT2D eigenvalue weighted by Crippen LogP contribution is -2.36. The smallest absolute Gasteiger partial charge is 0.265 e. The minimum atomic E-state index is -0.725. The average Bonchev–Trinajstić information content (AvgIpc) is 2.64. The third-order valence-electron chi connectivity index (χ3n) is 3.68. The molecule has 2 amide bonds. The molecule has 0 saturated carbocycles. The first-order valence-electron chi connectivity index (χ1n) is 8.70. The molecule has 0 aromatic heterocycles. The van der Waals surface area contributed by atoms with Crippen molar-refractivity contribution in [2.24, 2.45) is 5.92 Å². The normalized spacial score (nSPS) is 11.5. The lowest BCUT2D eigenvalue weighted by molar-refractivity contribution is -0.123. The first-order chi connectivity index (χ1) is 13.3. The summed E-state index contributed by atoms with van der Waals surface area (Å²) in [5.74, 6) is -0.176. The van der Waals surface area contributed by atoms with E-state index in [1.165, 1.54) is 0 Å². The van der Waals surface area contributed by atoms with Crippen molar-refractivity contribution in [3.05, 3.63) is 53.6 Å². The van der Waals surface area contributed by atoms with Gasteiger partial charge >= 0.3 is 0 Å². The van der Waals surface area contributed by atoms with Crippen LogP contribution >= 0.6 is 23.8 Å². The fourth-order valence-electron chi connectivity index (χ4n) is 2.08. The Morgan fingerprint density at radius 2 is 1.50 bits per heavy atom. The molecular weight excluding hydrogens is 398 g/mol. The molecule has 0 aliphatic carbocycles. The molecule has 2 rings (SSSR count). The molecule has 148 valence electrons. The Balaban J connectivity index is 1.89. The number of nitrogens with one attached hydrogen (secondary N) is 3. The summed E-state index contributed by atoms with van der Waals surface area (Å²) in [4.78, 5) is 23.9. The molecule has 28 heavy (non-hydrogen) atoms. The molecule has 3 N–H and O–H groups in total. The van der Waals surface area contributed by atoms with Gasteiger partial charge in [-0.05, 0) is 55.5 Å². The van der Waals surface area contributed by atoms with Crippen molar-refractivity contribution in [2.45, 2.75) is 26.9 Å². The summed E-state index contributed by atoms with van der Waals surface area (Å²) in [6.45, 7) is 5.21. The number of hydrogen-bond donors (Lipinski definition) is 3. The maximum absolute atomic E-state index is 12.3. The highest BCUT2D eigenvalue weighted by molar-refractivity contribution is 7.80. The molecule has 0 saturated heterocycles. The van der Waals surface area contributed by atoms with Gasteiger partial charge in [-0.3, -0.25) is 9.59 Å². The van der Waals surface area contributed by atoms with Crippen molar-refractivity contribution < 1.29 is 14.3 Å². The Morgan fingerprint density at radius 3 is 2.07 bits per heavy atom. The summed E-state index contributed by atoms with van der Waals surface area (Å²) in [6, 6.07) is 13.9. The zero-order chi connectivity index (χ0) is 20.7. The molecule has 6 nitrogen and oxygen atoms in total. The van der Waals surface area contributed by atoms with E-state index in [9.17, 15) is 9.59 Å². The highest BCUT2D eigenvalue weighted by atomic mass is 35.5. The molecule has 0 fully saturated rings. The second kappa shape index (κ2) is 10.1. The van der Waals surface area contributed by atoms with Gasteiger partial charge in [0.1, 0.15) is 5.75 Å². The molecule has 0 bridgehead atoms. The number of ether oxygens (including phenoxy) is 1. The number of halogens is 1. The molecule has 0 aliphatic heterocycles. The molecule has 0 radical (unpaired) electrons. The Morgan fingerprint density at radius 1 is 0.929 bits per heavy atom. The van der Waals surface area contributed by atoms with E-state index in [1.807, 2.05) is 0 Å². The summed E-state index contributed by atoms with van der Waals surface area (Å²) in [5.41, 5.74) is 1.29. The fraction of sp³-hybridized carbons (Fsp3) is 0.250. The van der Waals surface area contributed by atoms with Gasteiger partial charge in [0.15, 0.2) is 11.2 Å². The molecule has 0 heterocycles. The summed E-state index contributed by atoms with van der Waals surface area (Å²) >= 11 is 11.1. The SMILES string of the molecule is CC(C)C(=O)NC(=S)Nc1ccc(NC(=O)C(C)Oc2ccccc2Cl)cc1. The van der Waals surface area contributed by atoms with Gasteiger partial charge < -0.3 is 20.7 Å². The Kier molecular flexibility index (Phi) is 7.78. The van der Waals surface area contributed by atoms with Crippen LogP contribution in [0.3, 0.4) is 0 Å². The lowest BCUT2D eigenvalue weighted by Gasteiger charge is -2.16. The van der Waals surface area contributed by atoms with E-state index in [1.54, 1.807) is 69.3 Å². The van der Waals surface area contributed by atoms with Gasteiger partial charge in [-0.15, -0.1) is 0 Å². The lowest BCUT2D eigenvalue weighted by atomic mass is 10.2. The molecular formula is C20H22ClN3O3S. The van der Waals surface area contributed by atoms with E-state index in [0.29, 0.717) is 22.1 Å². The second-order valence-corrected chi connectivity index (χ2v) is 7.17. The topological polar surface area (TPSA) is 79.5 Å². The summed E-state index contributed by atoms with van der Waals surface area (Å²) in [5, 5.41) is 8.95. The number of thiocarbonyl (C=S) groups is 1. The van der Waals surface area contributed by atoms with Gasteiger partial charge in [-0.2, -0.15) is 0 Å². The zero-order valence-electron chi connectivity index (χ0n) is 15.8. The predicted molar refractivity (Wildman–Crippen MR) is 116 cm³/mol. The summed E-state index contributed by atoms with van der Waals surface area (Å²) in [7, 11) is 0. The standard InChI is InChI=1S/C20H22ClN3O3S/c1-12(2)18(25)24-20(28)23-15-10-8-14(9-11-15)22-19(26)13(3)27-17-7-5-4-6-16(17)21/h4-13H,1-3H3,(H,22,26)(H2,23,24,25,28). The van der Waals surface area contributed by atoms with Gasteiger partial charge in [0.05, 0.1) is 5.02 Å². The number of benzene rings is 2. The molecule has 8 heteroatoms. The predicted octanol–water partition coefficient (Wildman–Crippen LogP) is 4.22. The van der Waals surface area contributed by atoms with Gasteiger partial charge in [-0.1, -0.05) is 37.6 Å². The quantitative estimate of drug-likeness (QED) is 0.611. The molecule has 0 aliphatic rings. The van der Waals surface area contributed by atoms with Crippen LogP contribution in [-0.2, 0) is 9.59 Å². The summed E-state index contributed by atoms with van der Waals surface area (Å²) < 4.78 is 5.60. The number of para-hydroxylation sites is 1. The second-order valence-electron chi connectivity index (χ2n) is 6.36. The van der Waals surface area contributed by atoms with E-state index in [4.69, 9.17) is 28.6 Å². The van der Waals surface area contributed by atoms with Crippen molar-refractivity contribution in [1.29, 1.82) is 0 Å². The van der Waals surface area contributed by atoms with E-state index in [-0.39, 0.29) is 22.8 Å². The minimum Gasteiger partial charge on any atom is -0.479 e. The van der Waals surface area contributed by atoms with Crippen LogP contribution in [-0.4, -0.2) is 23.0 Å². The number of hydrogen-bond acceptors (Lipinski definition) is 4. The number of carbonyl (C=O) groups is 2. The Bertz CT molecular complexity index is 856. The van der Waals surface area contributed by atoms with Crippen molar-refractivity contribution in [3.63, 3.8) is 0 Å². The van der Waals surface area contributed by atoms with E-state index in [2.05, 4.69) is 16.0 Å². The third kappa shape index (κ3) is 6.51. The number of anilines is 2. The Labute approximate surface area is 174 Å². The highest BCUT2D eigenvalue weighted by Gasteiger charge is 2.16. The fourth-order valence-corrected chi connectivity index (χ4v) is 2.48. The van der Waals surface area contributed by atoms with Crippen LogP contribution in [0.4, 0.5) is 11.4 Å². The van der Waals surface area contributed by atoms with Gasteiger partial charge in [0.2, 0.25) is 5.91 Å². The van der Waals surface area contributed by atoms with E-state index >= 15 is 0 Å². The molecule has 1 unspecified atom stereocenters. The van der Waals surface area contributed by atoms with Gasteiger partial charge in [0.25, 0.3) is 5.91 Å². The van der Waals surface area contributed by atoms with Crippen molar-refractivity contribution in [1.82, 2.24) is 5.32 Å². The monoisotopic (exact) mass is 419 g/mol. The number of rotatable bonds is 6. The largest absolute Gasteiger partial charge is 0.479 e. The van der Waals surface area contributed by atoms with Crippen LogP contribution in [0.15, 0.2) is 48.5 Å². The maximum Gasteiger partial charge on any atom is 0.265 e. The van der Waals surface area contributed by atoms with Crippen molar-refractivity contribution in [3.8, 4) is 5.75 Å². The minimum absolute atomic E-state index is 0.158. The van der Waals surface area contributed by atoms with Crippen LogP contribution in [0.1, 0.15) is 20.8 Å². The first kappa shape index (κ1) is 21.7. The van der Waals surface area contributed by atoms with Crippen LogP contribution in [0.2, 0.25) is 5.02 Å². The van der Waals surface area contributed by atoms with E-state index in [0.717, 1.165) is 0 Å². The average molecular weight is 420 g/mol.